The van der Waals surface area contributed by atoms with E-state index >= 15 is 0 Å². The van der Waals surface area contributed by atoms with Crippen LogP contribution in [0.25, 0.3) is 5.69 Å². The van der Waals surface area contributed by atoms with Crippen LogP contribution < -0.4 is 5.06 Å². The SMILES string of the molecule is S=C=NCC1CC2c3nncn3-c3ccc(Cl)cc3N2O1. The van der Waals surface area contributed by atoms with E-state index < -0.39 is 0 Å². The van der Waals surface area contributed by atoms with Gasteiger partial charge in [0.1, 0.15) is 18.5 Å². The Hall–Kier alpha value is -1.79. The van der Waals surface area contributed by atoms with Crippen LogP contribution >= 0.6 is 23.8 Å². The van der Waals surface area contributed by atoms with E-state index in [1.807, 2.05) is 27.8 Å². The predicted molar refractivity (Wildman–Crippen MR) is 81.0 cm³/mol. The number of thiocarbonyl (C=S) groups is 1. The molecule has 0 spiro atoms. The molecular weight excluding hydrogens is 310 g/mol. The summed E-state index contributed by atoms with van der Waals surface area (Å²) in [6.45, 7) is 0.487. The number of hydrogen-bond acceptors (Lipinski definition) is 6. The van der Waals surface area contributed by atoms with Gasteiger partial charge in [0.2, 0.25) is 0 Å². The Balaban J connectivity index is 1.81. The summed E-state index contributed by atoms with van der Waals surface area (Å²) < 4.78 is 1.97. The molecular formula is C13H10ClN5OS. The summed E-state index contributed by atoms with van der Waals surface area (Å²) in [5.41, 5.74) is 1.86. The molecule has 2 aliphatic rings. The molecule has 106 valence electrons. The van der Waals surface area contributed by atoms with E-state index in [1.54, 1.807) is 6.33 Å². The van der Waals surface area contributed by atoms with Crippen molar-refractivity contribution in [2.75, 3.05) is 11.6 Å². The first-order chi connectivity index (χ1) is 10.3. The highest BCUT2D eigenvalue weighted by molar-refractivity contribution is 7.78. The quantitative estimate of drug-likeness (QED) is 0.629. The number of benzene rings is 1. The van der Waals surface area contributed by atoms with Crippen LogP contribution in [0.2, 0.25) is 5.02 Å². The van der Waals surface area contributed by atoms with Crippen LogP contribution in [0, 0.1) is 0 Å². The molecule has 0 saturated carbocycles. The third-order valence-corrected chi connectivity index (χ3v) is 4.06. The van der Waals surface area contributed by atoms with Crippen molar-refractivity contribution >= 4 is 34.7 Å². The minimum Gasteiger partial charge on any atom is -0.282 e. The maximum atomic E-state index is 6.12. The average molecular weight is 320 g/mol. The highest BCUT2D eigenvalue weighted by Crippen LogP contribution is 2.45. The van der Waals surface area contributed by atoms with Crippen molar-refractivity contribution in [2.45, 2.75) is 18.6 Å². The van der Waals surface area contributed by atoms with Gasteiger partial charge in [-0.3, -0.25) is 9.40 Å². The van der Waals surface area contributed by atoms with Gasteiger partial charge >= 0.3 is 0 Å². The second-order valence-electron chi connectivity index (χ2n) is 4.93. The molecule has 6 nitrogen and oxygen atoms in total. The Morgan fingerprint density at radius 1 is 1.48 bits per heavy atom. The lowest BCUT2D eigenvalue weighted by molar-refractivity contribution is 0.0881. The van der Waals surface area contributed by atoms with Gasteiger partial charge < -0.3 is 0 Å². The summed E-state index contributed by atoms with van der Waals surface area (Å²) in [5.74, 6) is 0.860. The molecule has 2 aromatic rings. The number of rotatable bonds is 2. The second-order valence-corrected chi connectivity index (χ2v) is 5.55. The van der Waals surface area contributed by atoms with Crippen molar-refractivity contribution in [2.24, 2.45) is 4.99 Å². The minimum atomic E-state index is -0.0551. The lowest BCUT2D eigenvalue weighted by Gasteiger charge is -2.31. The summed E-state index contributed by atoms with van der Waals surface area (Å²) in [7, 11) is 0. The Morgan fingerprint density at radius 3 is 3.24 bits per heavy atom. The number of aromatic nitrogens is 3. The number of fused-ring (bicyclic) bond motifs is 6. The molecule has 2 atom stereocenters. The van der Waals surface area contributed by atoms with E-state index in [0.29, 0.717) is 11.6 Å². The van der Waals surface area contributed by atoms with Crippen LogP contribution in [0.5, 0.6) is 0 Å². The van der Waals surface area contributed by atoms with Gasteiger partial charge in [0, 0.05) is 11.4 Å². The Kier molecular flexibility index (Phi) is 3.01. The molecule has 1 saturated heterocycles. The van der Waals surface area contributed by atoms with Crippen LogP contribution in [-0.4, -0.2) is 32.6 Å². The summed E-state index contributed by atoms with van der Waals surface area (Å²) in [5, 5.41) is 13.1. The maximum absolute atomic E-state index is 6.12. The van der Waals surface area contributed by atoms with E-state index in [2.05, 4.69) is 32.6 Å². The van der Waals surface area contributed by atoms with Crippen molar-refractivity contribution in [1.82, 2.24) is 14.8 Å². The van der Waals surface area contributed by atoms with Crippen molar-refractivity contribution in [3.63, 3.8) is 0 Å². The van der Waals surface area contributed by atoms with Gasteiger partial charge in [0.05, 0.1) is 23.1 Å². The summed E-state index contributed by atoms with van der Waals surface area (Å²) in [4.78, 5) is 9.96. The molecule has 4 rings (SSSR count). The zero-order valence-corrected chi connectivity index (χ0v) is 12.4. The number of halogens is 1. The van der Waals surface area contributed by atoms with Gasteiger partial charge in [0.25, 0.3) is 0 Å². The molecule has 1 aromatic heterocycles. The fourth-order valence-electron chi connectivity index (χ4n) is 2.84. The highest BCUT2D eigenvalue weighted by atomic mass is 35.5. The summed E-state index contributed by atoms with van der Waals surface area (Å²) >= 11 is 10.7. The van der Waals surface area contributed by atoms with Gasteiger partial charge in [0.15, 0.2) is 5.82 Å². The molecule has 0 radical (unpaired) electrons. The van der Waals surface area contributed by atoms with E-state index in [4.69, 9.17) is 16.4 Å². The Labute approximate surface area is 131 Å². The molecule has 2 unspecified atom stereocenters. The summed E-state index contributed by atoms with van der Waals surface area (Å²) in [6, 6.07) is 5.67. The highest BCUT2D eigenvalue weighted by Gasteiger charge is 2.42. The summed E-state index contributed by atoms with van der Waals surface area (Å²) in [6.07, 6.45) is 2.42. The van der Waals surface area contributed by atoms with Crippen LogP contribution in [0.4, 0.5) is 5.69 Å². The fraction of sp³-hybridized carbons (Fsp3) is 0.308. The van der Waals surface area contributed by atoms with Crippen LogP contribution in [-0.2, 0) is 4.84 Å². The third-order valence-electron chi connectivity index (χ3n) is 3.70. The lowest BCUT2D eigenvalue weighted by Crippen LogP contribution is -2.29. The van der Waals surface area contributed by atoms with Crippen molar-refractivity contribution in [3.8, 4) is 5.69 Å². The Morgan fingerprint density at radius 2 is 2.38 bits per heavy atom. The number of hydroxylamine groups is 1. The van der Waals surface area contributed by atoms with Crippen molar-refractivity contribution in [3.05, 3.63) is 35.4 Å². The van der Waals surface area contributed by atoms with Crippen molar-refractivity contribution < 1.29 is 4.84 Å². The predicted octanol–water partition coefficient (Wildman–Crippen LogP) is 2.59. The van der Waals surface area contributed by atoms with Crippen LogP contribution in [0.1, 0.15) is 18.3 Å². The second kappa shape index (κ2) is 4.89. The maximum Gasteiger partial charge on any atom is 0.162 e. The molecule has 0 bridgehead atoms. The smallest absolute Gasteiger partial charge is 0.162 e. The van der Waals surface area contributed by atoms with E-state index in [-0.39, 0.29) is 12.1 Å². The van der Waals surface area contributed by atoms with Gasteiger partial charge in [-0.25, -0.2) is 10.1 Å². The van der Waals surface area contributed by atoms with Gasteiger partial charge in [-0.1, -0.05) is 11.6 Å². The van der Waals surface area contributed by atoms with Gasteiger partial charge in [-0.05, 0) is 30.4 Å². The normalized spacial score (nSPS) is 22.2. The van der Waals surface area contributed by atoms with Crippen LogP contribution in [0.15, 0.2) is 29.5 Å². The molecule has 1 fully saturated rings. The number of nitrogens with zero attached hydrogens (tertiary/aromatic N) is 5. The minimum absolute atomic E-state index is 0.00351. The number of hydrogen-bond donors (Lipinski definition) is 0. The zero-order valence-electron chi connectivity index (χ0n) is 10.8. The first-order valence-corrected chi connectivity index (χ1v) is 7.26. The largest absolute Gasteiger partial charge is 0.282 e. The van der Waals surface area contributed by atoms with Crippen molar-refractivity contribution in [1.29, 1.82) is 0 Å². The number of anilines is 1. The number of aliphatic imine (C=N–C) groups is 1. The molecule has 1 aromatic carbocycles. The molecule has 0 amide bonds. The molecule has 0 N–H and O–H groups in total. The topological polar surface area (TPSA) is 55.5 Å². The molecule has 8 heteroatoms. The zero-order chi connectivity index (χ0) is 14.4. The molecule has 0 aliphatic carbocycles. The van der Waals surface area contributed by atoms with Gasteiger partial charge in [-0.15, -0.1) is 10.2 Å². The van der Waals surface area contributed by atoms with E-state index in [9.17, 15) is 0 Å². The first kappa shape index (κ1) is 12.9. The van der Waals surface area contributed by atoms with Gasteiger partial charge in [-0.2, -0.15) is 0 Å². The molecule has 21 heavy (non-hydrogen) atoms. The average Bonchev–Trinajstić information content (AvgIpc) is 3.11. The standard InChI is InChI=1S/C13H10ClN5OS/c14-8-1-2-10-11(3-8)19-12(13-17-16-6-18(10)13)4-9(20-19)5-15-7-21/h1-3,6,9,12H,4-5H2. The van der Waals surface area contributed by atoms with E-state index in [0.717, 1.165) is 23.6 Å². The number of isothiocyanates is 1. The van der Waals surface area contributed by atoms with Crippen LogP contribution in [0.3, 0.4) is 0 Å². The monoisotopic (exact) mass is 319 g/mol. The fourth-order valence-corrected chi connectivity index (χ4v) is 3.08. The molecule has 3 heterocycles. The Bertz CT molecular complexity index is 757. The first-order valence-electron chi connectivity index (χ1n) is 6.47. The molecule has 2 aliphatic heterocycles. The third kappa shape index (κ3) is 1.98. The lowest BCUT2D eigenvalue weighted by atomic mass is 10.1. The van der Waals surface area contributed by atoms with E-state index in [1.165, 1.54) is 0 Å².